The Hall–Kier alpha value is -4.08. The van der Waals surface area contributed by atoms with Crippen LogP contribution in [0.1, 0.15) is 7.43 Å². The molecular weight excluding hydrogens is 504 g/mol. The average Bonchev–Trinajstić information content (AvgIpc) is 2.90. The number of fused-ring (bicyclic) bond motifs is 2. The van der Waals surface area contributed by atoms with Crippen molar-refractivity contribution in [2.24, 2.45) is 0 Å². The van der Waals surface area contributed by atoms with Crippen molar-refractivity contribution in [2.45, 2.75) is 7.43 Å². The number of benzene rings is 6. The summed E-state index contributed by atoms with van der Waals surface area (Å²) >= 11 is 3.31. The van der Waals surface area contributed by atoms with Crippen LogP contribution in [0.5, 0.6) is 0 Å². The van der Waals surface area contributed by atoms with E-state index in [2.05, 4.69) is 88.0 Å². The van der Waals surface area contributed by atoms with Gasteiger partial charge in [-0.1, -0.05) is 120 Å². The molecule has 0 aliphatic rings. The van der Waals surface area contributed by atoms with E-state index in [-0.39, 0.29) is 7.43 Å². The Bertz CT molecular complexity index is 1480. The summed E-state index contributed by atoms with van der Waals surface area (Å²) < 4.78 is 1.13. The quantitative estimate of drug-likeness (QED) is 0.217. The highest BCUT2D eigenvalue weighted by molar-refractivity contribution is 9.10. The predicted molar refractivity (Wildman–Crippen MR) is 163 cm³/mol. The highest BCUT2D eigenvalue weighted by Crippen LogP contribution is 2.22. The molecule has 0 fully saturated rings. The standard InChI is InChI=1S/C16H13N.C10H9N.C6H5Br.CH4/c1-2-8-15(9-3-1)17-16-11-10-13-6-4-5-7-14(13)12-16;11-10-6-5-8-3-1-2-4-9(8)7-10;7-6-4-2-1-3-5-6;/h1-12,17H;1-7H,11H2;1-5H;1H4. The van der Waals surface area contributed by atoms with Crippen LogP contribution in [0.4, 0.5) is 17.1 Å². The Morgan fingerprint density at radius 2 is 0.917 bits per heavy atom. The van der Waals surface area contributed by atoms with Crippen LogP contribution in [0.15, 0.2) is 150 Å². The van der Waals surface area contributed by atoms with Crippen LogP contribution in [0.3, 0.4) is 0 Å². The number of rotatable bonds is 2. The number of para-hydroxylation sites is 1. The molecule has 6 aromatic rings. The normalized spacial score (nSPS) is 9.69. The van der Waals surface area contributed by atoms with Crippen LogP contribution >= 0.6 is 15.9 Å². The van der Waals surface area contributed by atoms with Crippen LogP contribution in [0.2, 0.25) is 0 Å². The maximum Gasteiger partial charge on any atom is 0.0390 e. The lowest BCUT2D eigenvalue weighted by Gasteiger charge is -2.07. The molecule has 0 amide bonds. The van der Waals surface area contributed by atoms with Crippen molar-refractivity contribution in [1.82, 2.24) is 0 Å². The van der Waals surface area contributed by atoms with Gasteiger partial charge in [-0.25, -0.2) is 0 Å². The monoisotopic (exact) mass is 534 g/mol. The minimum atomic E-state index is 0. The molecule has 0 unspecified atom stereocenters. The molecule has 0 radical (unpaired) electrons. The van der Waals surface area contributed by atoms with Gasteiger partial charge >= 0.3 is 0 Å². The number of nitrogens with two attached hydrogens (primary N) is 1. The average molecular weight is 536 g/mol. The van der Waals surface area contributed by atoms with Gasteiger partial charge in [0.15, 0.2) is 0 Å². The largest absolute Gasteiger partial charge is 0.399 e. The Labute approximate surface area is 222 Å². The van der Waals surface area contributed by atoms with Crippen LogP contribution < -0.4 is 11.1 Å². The smallest absolute Gasteiger partial charge is 0.0390 e. The third-order valence-corrected chi connectivity index (χ3v) is 5.85. The molecule has 3 N–H and O–H groups in total. The van der Waals surface area contributed by atoms with Crippen molar-refractivity contribution < 1.29 is 0 Å². The SMILES string of the molecule is Brc1ccccc1.C.Nc1ccc2ccccc2c1.c1ccc(Nc2ccc3ccccc3c2)cc1. The molecule has 3 heteroatoms. The van der Waals surface area contributed by atoms with Crippen LogP contribution in [0.25, 0.3) is 21.5 Å². The molecule has 6 rings (SSSR count). The van der Waals surface area contributed by atoms with Gasteiger partial charge in [-0.3, -0.25) is 0 Å². The molecule has 180 valence electrons. The molecule has 0 atom stereocenters. The molecule has 0 heterocycles. The first kappa shape index (κ1) is 26.5. The Balaban J connectivity index is 0.000000164. The fourth-order valence-electron chi connectivity index (χ4n) is 3.58. The molecule has 0 aromatic heterocycles. The van der Waals surface area contributed by atoms with E-state index in [9.17, 15) is 0 Å². The number of hydrogen-bond donors (Lipinski definition) is 2. The fraction of sp³-hybridized carbons (Fsp3) is 0.0303. The molecule has 0 spiro atoms. The van der Waals surface area contributed by atoms with E-state index in [4.69, 9.17) is 5.73 Å². The Morgan fingerprint density at radius 3 is 1.47 bits per heavy atom. The van der Waals surface area contributed by atoms with Crippen molar-refractivity contribution in [3.8, 4) is 0 Å². The summed E-state index contributed by atoms with van der Waals surface area (Å²) in [5.41, 5.74) is 8.68. The van der Waals surface area contributed by atoms with Gasteiger partial charge in [-0.05, 0) is 70.1 Å². The summed E-state index contributed by atoms with van der Waals surface area (Å²) in [5, 5.41) is 8.36. The lowest BCUT2D eigenvalue weighted by Crippen LogP contribution is -1.89. The van der Waals surface area contributed by atoms with Gasteiger partial charge in [0.2, 0.25) is 0 Å². The molecular formula is C33H31BrN2. The predicted octanol–water partition coefficient (Wildman–Crippen LogP) is 10.1. The number of hydrogen-bond acceptors (Lipinski definition) is 2. The highest BCUT2D eigenvalue weighted by atomic mass is 79.9. The summed E-state index contributed by atoms with van der Waals surface area (Å²) in [7, 11) is 0. The first-order valence-corrected chi connectivity index (χ1v) is 12.2. The molecule has 36 heavy (non-hydrogen) atoms. The van der Waals surface area contributed by atoms with Crippen LogP contribution in [0, 0.1) is 0 Å². The van der Waals surface area contributed by atoms with Gasteiger partial charge in [0.25, 0.3) is 0 Å². The summed E-state index contributed by atoms with van der Waals surface area (Å²) in [6.07, 6.45) is 0. The zero-order chi connectivity index (χ0) is 24.3. The number of halogens is 1. The second kappa shape index (κ2) is 13.7. The second-order valence-corrected chi connectivity index (χ2v) is 8.87. The molecule has 0 aliphatic heterocycles. The fourth-order valence-corrected chi connectivity index (χ4v) is 3.88. The van der Waals surface area contributed by atoms with E-state index < -0.39 is 0 Å². The first-order valence-electron chi connectivity index (χ1n) is 11.4. The van der Waals surface area contributed by atoms with Gasteiger partial charge in [-0.2, -0.15) is 0 Å². The number of nitrogens with one attached hydrogen (secondary N) is 1. The Kier molecular flexibility index (Phi) is 10.1. The van der Waals surface area contributed by atoms with Crippen molar-refractivity contribution in [2.75, 3.05) is 11.1 Å². The van der Waals surface area contributed by atoms with Crippen molar-refractivity contribution in [3.63, 3.8) is 0 Å². The summed E-state index contributed by atoms with van der Waals surface area (Å²) in [6, 6.07) is 49.1. The van der Waals surface area contributed by atoms with Crippen molar-refractivity contribution in [1.29, 1.82) is 0 Å². The van der Waals surface area contributed by atoms with Gasteiger partial charge in [0.05, 0.1) is 0 Å². The van der Waals surface area contributed by atoms with Crippen molar-refractivity contribution in [3.05, 3.63) is 150 Å². The van der Waals surface area contributed by atoms with E-state index >= 15 is 0 Å². The third-order valence-electron chi connectivity index (χ3n) is 5.32. The molecule has 0 saturated carbocycles. The minimum absolute atomic E-state index is 0. The van der Waals surface area contributed by atoms with E-state index in [1.54, 1.807) is 0 Å². The van der Waals surface area contributed by atoms with Crippen LogP contribution in [-0.4, -0.2) is 0 Å². The van der Waals surface area contributed by atoms with Gasteiger partial charge in [-0.15, -0.1) is 0 Å². The van der Waals surface area contributed by atoms with Gasteiger partial charge in [0.1, 0.15) is 0 Å². The van der Waals surface area contributed by atoms with E-state index in [0.717, 1.165) is 21.5 Å². The summed E-state index contributed by atoms with van der Waals surface area (Å²) in [5.74, 6) is 0. The molecule has 0 bridgehead atoms. The van der Waals surface area contributed by atoms with E-state index in [1.807, 2.05) is 78.9 Å². The first-order chi connectivity index (χ1) is 17.2. The summed E-state index contributed by atoms with van der Waals surface area (Å²) in [4.78, 5) is 0. The minimum Gasteiger partial charge on any atom is -0.399 e. The summed E-state index contributed by atoms with van der Waals surface area (Å²) in [6.45, 7) is 0. The zero-order valence-electron chi connectivity index (χ0n) is 19.3. The zero-order valence-corrected chi connectivity index (χ0v) is 20.9. The van der Waals surface area contributed by atoms with Gasteiger partial charge < -0.3 is 11.1 Å². The molecule has 6 aromatic carbocycles. The molecule has 0 saturated heterocycles. The highest BCUT2D eigenvalue weighted by Gasteiger charge is 1.96. The topological polar surface area (TPSA) is 38.0 Å². The van der Waals surface area contributed by atoms with Crippen LogP contribution in [-0.2, 0) is 0 Å². The lowest BCUT2D eigenvalue weighted by molar-refractivity contribution is 1.57. The molecule has 2 nitrogen and oxygen atoms in total. The lowest BCUT2D eigenvalue weighted by atomic mass is 10.1. The van der Waals surface area contributed by atoms with Gasteiger partial charge in [0, 0.05) is 21.5 Å². The third kappa shape index (κ3) is 8.00. The second-order valence-electron chi connectivity index (χ2n) is 7.96. The van der Waals surface area contributed by atoms with E-state index in [0.29, 0.717) is 0 Å². The van der Waals surface area contributed by atoms with Crippen molar-refractivity contribution >= 4 is 54.5 Å². The number of anilines is 3. The molecule has 0 aliphatic carbocycles. The Morgan fingerprint density at radius 1 is 0.444 bits per heavy atom. The number of nitrogen functional groups attached to an aromatic ring is 1. The van der Waals surface area contributed by atoms with E-state index in [1.165, 1.54) is 21.5 Å². The maximum absolute atomic E-state index is 5.62. The maximum atomic E-state index is 5.62.